The summed E-state index contributed by atoms with van der Waals surface area (Å²) < 4.78 is 37.7. The molecule has 2 fully saturated rings. The Hall–Kier alpha value is -2.86. The Morgan fingerprint density at radius 3 is 2.63 bits per heavy atom. The fourth-order valence-electron chi connectivity index (χ4n) is 4.54. The molecule has 0 aromatic carbocycles. The van der Waals surface area contributed by atoms with Gasteiger partial charge >= 0.3 is 18.7 Å². The SMILES string of the molecule is COc1nc(C)nc2c1ncn2C1O[C@H](COP(=O)(NC(C)C(=O)OC(C)C)SCC2C(=O)NC(=O)N2C)[C@@H](O)[C@@]1(C)O. The van der Waals surface area contributed by atoms with E-state index in [2.05, 4.69) is 25.4 Å². The number of likely N-dealkylation sites (N-methyl/N-ethyl adjacent to an activating group) is 1. The molecule has 2 aromatic rings. The van der Waals surface area contributed by atoms with Crippen LogP contribution in [-0.4, -0.2) is 115 Å². The number of aryl methyl sites for hydroxylation is 1. The summed E-state index contributed by atoms with van der Waals surface area (Å²) in [5, 5.41) is 27.2. The molecule has 0 aliphatic carbocycles. The smallest absolute Gasteiger partial charge is 0.327 e. The van der Waals surface area contributed by atoms with E-state index >= 15 is 0 Å². The molecule has 0 radical (unpaired) electrons. The van der Waals surface area contributed by atoms with Crippen molar-refractivity contribution in [1.82, 2.24) is 34.8 Å². The highest BCUT2D eigenvalue weighted by Crippen LogP contribution is 2.57. The largest absolute Gasteiger partial charge is 0.479 e. The molecule has 2 aliphatic heterocycles. The summed E-state index contributed by atoms with van der Waals surface area (Å²) in [4.78, 5) is 50.6. The molecular formula is C24H36N7O10PS. The first-order chi connectivity index (χ1) is 20.1. The number of nitrogens with one attached hydrogen (secondary N) is 2. The minimum absolute atomic E-state index is 0.138. The van der Waals surface area contributed by atoms with Crippen LogP contribution < -0.4 is 15.1 Å². The number of aromatic nitrogens is 4. The number of methoxy groups -OCH3 is 1. The number of aliphatic hydroxyl groups is 2. The molecule has 2 aliphatic rings. The Kier molecular flexibility index (Phi) is 9.71. The first-order valence-corrected chi connectivity index (χ1v) is 16.6. The van der Waals surface area contributed by atoms with Crippen LogP contribution in [0.25, 0.3) is 11.2 Å². The van der Waals surface area contributed by atoms with Gasteiger partial charge < -0.3 is 33.8 Å². The number of esters is 1. The van der Waals surface area contributed by atoms with E-state index in [1.807, 2.05) is 0 Å². The number of nitrogens with zero attached hydrogens (tertiary/aromatic N) is 5. The lowest BCUT2D eigenvalue weighted by atomic mass is 9.96. The number of urea groups is 1. The molecule has 238 valence electrons. The van der Waals surface area contributed by atoms with Crippen LogP contribution in [0.4, 0.5) is 4.79 Å². The zero-order valence-corrected chi connectivity index (χ0v) is 26.4. The Bertz CT molecular complexity index is 1440. The number of imide groups is 1. The predicted molar refractivity (Wildman–Crippen MR) is 152 cm³/mol. The van der Waals surface area contributed by atoms with Crippen LogP contribution >= 0.6 is 18.1 Å². The van der Waals surface area contributed by atoms with Crippen LogP contribution in [-0.2, 0) is 28.2 Å². The van der Waals surface area contributed by atoms with E-state index in [0.29, 0.717) is 22.7 Å². The molecule has 17 nitrogen and oxygen atoms in total. The topological polar surface area (TPSA) is 217 Å². The van der Waals surface area contributed by atoms with Crippen molar-refractivity contribution in [2.45, 2.75) is 76.8 Å². The fraction of sp³-hybridized carbons (Fsp3) is 0.667. The quantitative estimate of drug-likeness (QED) is 0.140. The van der Waals surface area contributed by atoms with Crippen molar-refractivity contribution in [2.75, 3.05) is 26.5 Å². The Balaban J connectivity index is 1.54. The van der Waals surface area contributed by atoms with E-state index in [0.717, 1.165) is 4.90 Å². The molecule has 0 spiro atoms. The normalized spacial score (nSPS) is 27.9. The molecule has 4 N–H and O–H groups in total. The molecule has 0 saturated carbocycles. The number of rotatable bonds is 12. The van der Waals surface area contributed by atoms with E-state index in [9.17, 15) is 29.2 Å². The average Bonchev–Trinajstić information content (AvgIpc) is 3.52. The average molecular weight is 646 g/mol. The molecule has 19 heteroatoms. The highest BCUT2D eigenvalue weighted by atomic mass is 32.7. The van der Waals surface area contributed by atoms with Crippen molar-refractivity contribution in [3.8, 4) is 5.88 Å². The third-order valence-corrected chi connectivity index (χ3v) is 11.0. The maximum atomic E-state index is 14.0. The Labute approximate surface area is 251 Å². The van der Waals surface area contributed by atoms with E-state index < -0.39 is 73.5 Å². The maximum absolute atomic E-state index is 14.0. The van der Waals surface area contributed by atoms with Crippen LogP contribution in [0, 0.1) is 6.92 Å². The minimum Gasteiger partial charge on any atom is -0.479 e. The third-order valence-electron chi connectivity index (χ3n) is 6.89. The van der Waals surface area contributed by atoms with Gasteiger partial charge in [-0.25, -0.2) is 19.8 Å². The molecule has 2 aromatic heterocycles. The second-order valence-corrected chi connectivity index (χ2v) is 15.0. The lowest BCUT2D eigenvalue weighted by Crippen LogP contribution is -2.44. The van der Waals surface area contributed by atoms with Gasteiger partial charge in [0.1, 0.15) is 35.7 Å². The lowest BCUT2D eigenvalue weighted by molar-refractivity contribution is -0.149. The standard InChI is InChI=1S/C24H36N7O10PS/c1-11(2)40-21(34)12(3)29-42(37,43-9-14-19(33)28-23(35)30(14)6)39-8-15-17(32)24(5,36)22(41-15)31-10-25-16-18(31)26-13(4)27-20(16)38-7/h10-12,14-15,17,22,32,36H,8-9H2,1-7H3,(H,29,37)(H,28,33,35)/t12?,14?,15-,17-,22?,24-,42?/m1/s1. The van der Waals surface area contributed by atoms with Gasteiger partial charge in [-0.15, -0.1) is 0 Å². The number of amides is 3. The summed E-state index contributed by atoms with van der Waals surface area (Å²) in [5.41, 5.74) is -1.27. The van der Waals surface area contributed by atoms with Crippen molar-refractivity contribution < 1.29 is 47.9 Å². The number of hydrogen-bond donors (Lipinski definition) is 4. The first-order valence-electron chi connectivity index (χ1n) is 13.3. The zero-order chi connectivity index (χ0) is 31.9. The van der Waals surface area contributed by atoms with Gasteiger partial charge in [0.05, 0.1) is 26.1 Å². The molecule has 4 heterocycles. The zero-order valence-electron chi connectivity index (χ0n) is 24.7. The van der Waals surface area contributed by atoms with Crippen molar-refractivity contribution in [2.24, 2.45) is 0 Å². The molecule has 4 unspecified atom stereocenters. The lowest BCUT2D eigenvalue weighted by Gasteiger charge is -2.27. The maximum Gasteiger partial charge on any atom is 0.327 e. The van der Waals surface area contributed by atoms with Gasteiger partial charge in [0.15, 0.2) is 17.4 Å². The highest BCUT2D eigenvalue weighted by Gasteiger charge is 2.54. The molecule has 3 amide bonds. The van der Waals surface area contributed by atoms with Gasteiger partial charge in [0.2, 0.25) is 5.88 Å². The monoisotopic (exact) mass is 645 g/mol. The fourth-order valence-corrected chi connectivity index (χ4v) is 8.52. The first kappa shape index (κ1) is 33.0. The summed E-state index contributed by atoms with van der Waals surface area (Å²) in [5.74, 6) is -0.806. The molecule has 43 heavy (non-hydrogen) atoms. The number of carbonyl (C=O) groups is 3. The van der Waals surface area contributed by atoms with Crippen molar-refractivity contribution >= 4 is 47.2 Å². The summed E-state index contributed by atoms with van der Waals surface area (Å²) in [6, 6.07) is -2.63. The summed E-state index contributed by atoms with van der Waals surface area (Å²) in [7, 11) is 2.85. The van der Waals surface area contributed by atoms with E-state index in [4.69, 9.17) is 18.7 Å². The van der Waals surface area contributed by atoms with Gasteiger partial charge in [-0.2, -0.15) is 4.98 Å². The van der Waals surface area contributed by atoms with Crippen LogP contribution in [0.5, 0.6) is 5.88 Å². The Morgan fingerprint density at radius 2 is 2.02 bits per heavy atom. The number of imidazole rings is 1. The van der Waals surface area contributed by atoms with Gasteiger partial charge in [0.25, 0.3) is 5.91 Å². The van der Waals surface area contributed by atoms with Gasteiger partial charge in [0, 0.05) is 12.8 Å². The van der Waals surface area contributed by atoms with Crippen LogP contribution in [0.1, 0.15) is 39.7 Å². The number of ether oxygens (including phenoxy) is 3. The van der Waals surface area contributed by atoms with Crippen molar-refractivity contribution in [3.63, 3.8) is 0 Å². The van der Waals surface area contributed by atoms with E-state index in [1.54, 1.807) is 20.8 Å². The molecule has 7 atom stereocenters. The number of hydrogen-bond acceptors (Lipinski definition) is 14. The minimum atomic E-state index is -4.04. The molecule has 4 rings (SSSR count). The summed E-state index contributed by atoms with van der Waals surface area (Å²) in [6.07, 6.45) is -2.98. The second-order valence-electron chi connectivity index (χ2n) is 10.6. The second kappa shape index (κ2) is 12.6. The van der Waals surface area contributed by atoms with Crippen LogP contribution in [0.15, 0.2) is 6.33 Å². The number of fused-ring (bicyclic) bond motifs is 1. The van der Waals surface area contributed by atoms with Crippen molar-refractivity contribution in [3.05, 3.63) is 12.2 Å². The summed E-state index contributed by atoms with van der Waals surface area (Å²) >= 11 is 0.700. The van der Waals surface area contributed by atoms with Gasteiger partial charge in [-0.3, -0.25) is 24.0 Å². The van der Waals surface area contributed by atoms with Gasteiger partial charge in [-0.05, 0) is 34.6 Å². The third kappa shape index (κ3) is 6.79. The van der Waals surface area contributed by atoms with Gasteiger partial charge in [-0.1, -0.05) is 11.4 Å². The molecule has 2 saturated heterocycles. The Morgan fingerprint density at radius 1 is 1.33 bits per heavy atom. The van der Waals surface area contributed by atoms with Crippen molar-refractivity contribution in [1.29, 1.82) is 0 Å². The number of aliphatic hydroxyl groups excluding tert-OH is 1. The van der Waals surface area contributed by atoms with E-state index in [1.165, 1.54) is 38.9 Å². The molecule has 0 bridgehead atoms. The predicted octanol–water partition coefficient (Wildman–Crippen LogP) is 0.490. The van der Waals surface area contributed by atoms with Crippen LogP contribution in [0.2, 0.25) is 0 Å². The van der Waals surface area contributed by atoms with E-state index in [-0.39, 0.29) is 17.3 Å². The summed E-state index contributed by atoms with van der Waals surface area (Å²) in [6.45, 7) is 3.24. The van der Waals surface area contributed by atoms with Crippen LogP contribution in [0.3, 0.4) is 0 Å². The highest BCUT2D eigenvalue weighted by molar-refractivity contribution is 8.56. The number of carbonyl (C=O) groups excluding carboxylic acids is 3. The molecular weight excluding hydrogens is 609 g/mol.